The summed E-state index contributed by atoms with van der Waals surface area (Å²) in [5.74, 6) is -0.554. The molecular weight excluding hydrogens is 399 g/mol. The molecule has 2 N–H and O–H groups in total. The number of hydrogen-bond acceptors (Lipinski definition) is 3. The Hall–Kier alpha value is -1.76. The molecule has 1 saturated heterocycles. The minimum absolute atomic E-state index is 0.201. The standard InChI is InChI=1S/C20H22BrFN2O2/c21-17-5-3-16(4-6-17)20(26)9-12-24(13-10-20)14-11-23-19(25)15-1-7-18(22)8-2-15/h1-8,26H,9-14H2,(H,23,25). The Labute approximate surface area is 161 Å². The number of rotatable bonds is 5. The average Bonchev–Trinajstić information content (AvgIpc) is 2.64. The van der Waals surface area contributed by atoms with Crippen LogP contribution in [0.4, 0.5) is 4.39 Å². The predicted octanol–water partition coefficient (Wildman–Crippen LogP) is 3.30. The van der Waals surface area contributed by atoms with Gasteiger partial charge in [0.2, 0.25) is 0 Å². The topological polar surface area (TPSA) is 52.6 Å². The number of nitrogens with one attached hydrogen (secondary N) is 1. The van der Waals surface area contributed by atoms with Crippen LogP contribution in [0.15, 0.2) is 53.0 Å². The van der Waals surface area contributed by atoms with Crippen molar-refractivity contribution >= 4 is 21.8 Å². The van der Waals surface area contributed by atoms with E-state index in [0.29, 0.717) is 24.9 Å². The second-order valence-electron chi connectivity index (χ2n) is 6.64. The second kappa shape index (κ2) is 8.29. The van der Waals surface area contributed by atoms with Crippen molar-refractivity contribution < 1.29 is 14.3 Å². The monoisotopic (exact) mass is 420 g/mol. The number of piperidine rings is 1. The normalized spacial score (nSPS) is 17.0. The van der Waals surface area contributed by atoms with Crippen LogP contribution >= 0.6 is 15.9 Å². The van der Waals surface area contributed by atoms with Crippen molar-refractivity contribution in [2.45, 2.75) is 18.4 Å². The van der Waals surface area contributed by atoms with Crippen LogP contribution in [0.25, 0.3) is 0 Å². The van der Waals surface area contributed by atoms with E-state index < -0.39 is 5.60 Å². The van der Waals surface area contributed by atoms with Crippen molar-refractivity contribution in [3.05, 3.63) is 69.9 Å². The molecule has 0 spiro atoms. The summed E-state index contributed by atoms with van der Waals surface area (Å²) in [6, 6.07) is 13.3. The van der Waals surface area contributed by atoms with Gasteiger partial charge >= 0.3 is 0 Å². The molecule has 0 unspecified atom stereocenters. The first-order valence-electron chi connectivity index (χ1n) is 8.71. The highest BCUT2D eigenvalue weighted by atomic mass is 79.9. The molecule has 0 aliphatic carbocycles. The van der Waals surface area contributed by atoms with Crippen molar-refractivity contribution in [3.63, 3.8) is 0 Å². The summed E-state index contributed by atoms with van der Waals surface area (Å²) in [7, 11) is 0. The zero-order valence-electron chi connectivity index (χ0n) is 14.4. The third-order valence-electron chi connectivity index (χ3n) is 4.88. The number of benzene rings is 2. The van der Waals surface area contributed by atoms with E-state index in [1.807, 2.05) is 24.3 Å². The largest absolute Gasteiger partial charge is 0.385 e. The number of hydrogen-bond donors (Lipinski definition) is 2. The van der Waals surface area contributed by atoms with Crippen LogP contribution in [0.2, 0.25) is 0 Å². The number of halogens is 2. The van der Waals surface area contributed by atoms with Gasteiger partial charge in [0.25, 0.3) is 5.91 Å². The molecule has 0 saturated carbocycles. The molecule has 1 heterocycles. The Kier molecular flexibility index (Phi) is 6.06. The van der Waals surface area contributed by atoms with E-state index in [-0.39, 0.29) is 11.7 Å². The van der Waals surface area contributed by atoms with Gasteiger partial charge in [0.15, 0.2) is 0 Å². The Morgan fingerprint density at radius 1 is 1.12 bits per heavy atom. The van der Waals surface area contributed by atoms with E-state index in [1.165, 1.54) is 24.3 Å². The summed E-state index contributed by atoms with van der Waals surface area (Å²) < 4.78 is 13.9. The fraction of sp³-hybridized carbons (Fsp3) is 0.350. The van der Waals surface area contributed by atoms with Gasteiger partial charge in [0, 0.05) is 36.2 Å². The van der Waals surface area contributed by atoms with Gasteiger partial charge in [-0.15, -0.1) is 0 Å². The molecule has 2 aromatic carbocycles. The van der Waals surface area contributed by atoms with Crippen LogP contribution in [-0.2, 0) is 5.60 Å². The van der Waals surface area contributed by atoms with Gasteiger partial charge in [0.1, 0.15) is 5.82 Å². The maximum absolute atomic E-state index is 12.9. The number of likely N-dealkylation sites (tertiary alicyclic amines) is 1. The molecule has 0 radical (unpaired) electrons. The van der Waals surface area contributed by atoms with Crippen LogP contribution in [0.1, 0.15) is 28.8 Å². The third-order valence-corrected chi connectivity index (χ3v) is 5.41. The molecule has 1 aliphatic rings. The summed E-state index contributed by atoms with van der Waals surface area (Å²) >= 11 is 3.41. The van der Waals surface area contributed by atoms with Gasteiger partial charge in [-0.2, -0.15) is 0 Å². The second-order valence-corrected chi connectivity index (χ2v) is 7.56. The first-order valence-corrected chi connectivity index (χ1v) is 9.50. The van der Waals surface area contributed by atoms with Crippen molar-refractivity contribution in [1.82, 2.24) is 10.2 Å². The Morgan fingerprint density at radius 2 is 1.73 bits per heavy atom. The molecule has 1 aliphatic heterocycles. The predicted molar refractivity (Wildman–Crippen MR) is 102 cm³/mol. The van der Waals surface area contributed by atoms with Crippen LogP contribution in [0, 0.1) is 5.82 Å². The lowest BCUT2D eigenvalue weighted by molar-refractivity contribution is -0.0255. The molecule has 0 bridgehead atoms. The highest BCUT2D eigenvalue weighted by molar-refractivity contribution is 9.10. The number of carbonyl (C=O) groups excluding carboxylic acids is 1. The number of carbonyl (C=O) groups is 1. The first-order chi connectivity index (χ1) is 12.5. The maximum atomic E-state index is 12.9. The summed E-state index contributed by atoms with van der Waals surface area (Å²) in [5.41, 5.74) is 0.619. The van der Waals surface area contributed by atoms with E-state index in [0.717, 1.165) is 29.7 Å². The van der Waals surface area contributed by atoms with E-state index in [9.17, 15) is 14.3 Å². The SMILES string of the molecule is O=C(NCCN1CCC(O)(c2ccc(Br)cc2)CC1)c1ccc(F)cc1. The minimum Gasteiger partial charge on any atom is -0.385 e. The minimum atomic E-state index is -0.783. The summed E-state index contributed by atoms with van der Waals surface area (Å²) in [4.78, 5) is 14.3. The van der Waals surface area contributed by atoms with Gasteiger partial charge in [-0.3, -0.25) is 4.79 Å². The Morgan fingerprint density at radius 3 is 2.35 bits per heavy atom. The Bertz CT molecular complexity index is 741. The molecule has 26 heavy (non-hydrogen) atoms. The number of amides is 1. The van der Waals surface area contributed by atoms with Crippen molar-refractivity contribution in [1.29, 1.82) is 0 Å². The third kappa shape index (κ3) is 4.69. The smallest absolute Gasteiger partial charge is 0.251 e. The lowest BCUT2D eigenvalue weighted by atomic mass is 9.84. The van der Waals surface area contributed by atoms with E-state index in [4.69, 9.17) is 0 Å². The molecule has 0 aromatic heterocycles. The molecule has 0 atom stereocenters. The summed E-state index contributed by atoms with van der Waals surface area (Å²) in [6.45, 7) is 2.80. The fourth-order valence-electron chi connectivity index (χ4n) is 3.23. The highest BCUT2D eigenvalue weighted by Gasteiger charge is 2.33. The number of nitrogens with zero attached hydrogens (tertiary/aromatic N) is 1. The molecular formula is C20H22BrFN2O2. The van der Waals surface area contributed by atoms with Crippen molar-refractivity contribution in [3.8, 4) is 0 Å². The zero-order valence-corrected chi connectivity index (χ0v) is 16.0. The summed E-state index contributed by atoms with van der Waals surface area (Å²) in [5, 5.41) is 13.7. The van der Waals surface area contributed by atoms with Crippen molar-refractivity contribution in [2.75, 3.05) is 26.2 Å². The van der Waals surface area contributed by atoms with Crippen LogP contribution < -0.4 is 5.32 Å². The van der Waals surface area contributed by atoms with Gasteiger partial charge < -0.3 is 15.3 Å². The lowest BCUT2D eigenvalue weighted by Crippen LogP contribution is -2.45. The first kappa shape index (κ1) is 19.0. The van der Waals surface area contributed by atoms with Crippen LogP contribution in [0.5, 0.6) is 0 Å². The molecule has 6 heteroatoms. The molecule has 1 amide bonds. The number of aliphatic hydroxyl groups is 1. The molecule has 4 nitrogen and oxygen atoms in total. The summed E-state index contributed by atoms with van der Waals surface area (Å²) in [6.07, 6.45) is 1.33. The lowest BCUT2D eigenvalue weighted by Gasteiger charge is -2.38. The van der Waals surface area contributed by atoms with Crippen LogP contribution in [0.3, 0.4) is 0 Å². The van der Waals surface area contributed by atoms with Crippen molar-refractivity contribution in [2.24, 2.45) is 0 Å². The molecule has 138 valence electrons. The molecule has 1 fully saturated rings. The average molecular weight is 421 g/mol. The molecule has 3 rings (SSSR count). The highest BCUT2D eigenvalue weighted by Crippen LogP contribution is 2.33. The van der Waals surface area contributed by atoms with Crippen LogP contribution in [-0.4, -0.2) is 42.1 Å². The zero-order chi connectivity index (χ0) is 18.6. The maximum Gasteiger partial charge on any atom is 0.251 e. The molecule has 2 aromatic rings. The van der Waals surface area contributed by atoms with Gasteiger partial charge in [0.05, 0.1) is 5.60 Å². The Balaban J connectivity index is 1.44. The van der Waals surface area contributed by atoms with E-state index in [2.05, 4.69) is 26.1 Å². The fourth-order valence-corrected chi connectivity index (χ4v) is 3.49. The van der Waals surface area contributed by atoms with E-state index >= 15 is 0 Å². The van der Waals surface area contributed by atoms with Gasteiger partial charge in [-0.25, -0.2) is 4.39 Å². The van der Waals surface area contributed by atoms with Gasteiger partial charge in [-0.05, 0) is 54.8 Å². The quantitative estimate of drug-likeness (QED) is 0.779. The van der Waals surface area contributed by atoms with Gasteiger partial charge in [-0.1, -0.05) is 28.1 Å². The van der Waals surface area contributed by atoms with E-state index in [1.54, 1.807) is 0 Å².